The molecule has 4 heteroatoms. The second-order valence-corrected chi connectivity index (χ2v) is 9.34. The van der Waals surface area contributed by atoms with E-state index in [2.05, 4.69) is 99.6 Å². The molecule has 0 aliphatic rings. The third-order valence-electron chi connectivity index (χ3n) is 6.93. The lowest BCUT2D eigenvalue weighted by atomic mass is 10.1. The van der Waals surface area contributed by atoms with Gasteiger partial charge in [0.25, 0.3) is 0 Å². The van der Waals surface area contributed by atoms with E-state index in [1.807, 2.05) is 49.3 Å². The van der Waals surface area contributed by atoms with Crippen LogP contribution in [0.2, 0.25) is 0 Å². The molecule has 4 rings (SSSR count). The van der Waals surface area contributed by atoms with Crippen molar-refractivity contribution < 1.29 is 0 Å². The van der Waals surface area contributed by atoms with Crippen molar-refractivity contribution in [2.75, 3.05) is 0 Å². The molecule has 0 saturated carbocycles. The lowest BCUT2D eigenvalue weighted by molar-refractivity contribution is 0.964. The lowest BCUT2D eigenvalue weighted by Crippen LogP contribution is -1.92. The van der Waals surface area contributed by atoms with Gasteiger partial charge in [0, 0.05) is 48.6 Å². The van der Waals surface area contributed by atoms with Gasteiger partial charge in [-0.2, -0.15) is 0 Å². The minimum Gasteiger partial charge on any atom is -0.264 e. The monoisotopic (exact) mass is 540 g/mol. The van der Waals surface area contributed by atoms with Crippen molar-refractivity contribution in [3.8, 4) is 0 Å². The van der Waals surface area contributed by atoms with Crippen LogP contribution in [-0.2, 0) is 51.4 Å². The molecule has 4 aromatic heterocycles. The molecule has 0 unspecified atom stereocenters. The number of rotatable bonds is 8. The Balaban J connectivity index is 0.000000267. The van der Waals surface area contributed by atoms with Gasteiger partial charge in [0.05, 0.1) is 0 Å². The van der Waals surface area contributed by atoms with Gasteiger partial charge in [-0.15, -0.1) is 0 Å². The van der Waals surface area contributed by atoms with Gasteiger partial charge in [-0.1, -0.05) is 67.5 Å². The van der Waals surface area contributed by atoms with Gasteiger partial charge in [-0.3, -0.25) is 19.9 Å². The van der Waals surface area contributed by atoms with E-state index in [9.17, 15) is 0 Å². The van der Waals surface area contributed by atoms with E-state index in [-0.39, 0.29) is 0 Å². The molecule has 0 aliphatic heterocycles. The zero-order chi connectivity index (χ0) is 29.6. The Labute approximate surface area is 244 Å². The van der Waals surface area contributed by atoms with Gasteiger partial charge < -0.3 is 0 Å². The van der Waals surface area contributed by atoms with Crippen molar-refractivity contribution in [1.82, 2.24) is 19.9 Å². The predicted molar refractivity (Wildman–Crippen MR) is 172 cm³/mol. The van der Waals surface area contributed by atoms with Crippen LogP contribution in [0.4, 0.5) is 0 Å². The summed E-state index contributed by atoms with van der Waals surface area (Å²) in [5, 5.41) is 0. The van der Waals surface area contributed by atoms with Crippen molar-refractivity contribution in [3.63, 3.8) is 0 Å². The van der Waals surface area contributed by atoms with Crippen LogP contribution in [0.3, 0.4) is 0 Å². The normalized spacial score (nSPS) is 9.80. The maximum atomic E-state index is 4.27. The summed E-state index contributed by atoms with van der Waals surface area (Å²) in [4.78, 5) is 16.7. The molecule has 0 aliphatic carbocycles. The van der Waals surface area contributed by atoms with E-state index < -0.39 is 0 Å². The molecule has 0 N–H and O–H groups in total. The maximum absolute atomic E-state index is 4.27. The maximum Gasteiger partial charge on any atom is 0.0432 e. The minimum absolute atomic E-state index is 1.05. The Morgan fingerprint density at radius 2 is 0.725 bits per heavy atom. The summed E-state index contributed by atoms with van der Waals surface area (Å²) in [5.41, 5.74) is 10.9. The average molecular weight is 541 g/mol. The van der Waals surface area contributed by atoms with E-state index in [1.165, 1.54) is 44.8 Å². The summed E-state index contributed by atoms with van der Waals surface area (Å²) in [5.74, 6) is 0. The highest BCUT2D eigenvalue weighted by Crippen LogP contribution is 2.09. The van der Waals surface area contributed by atoms with E-state index in [1.54, 1.807) is 0 Å². The number of hydrogen-bond acceptors (Lipinski definition) is 4. The second-order valence-electron chi connectivity index (χ2n) is 9.34. The molecule has 0 fully saturated rings. The molecule has 216 valence electrons. The Hall–Kier alpha value is -3.40. The van der Waals surface area contributed by atoms with E-state index in [4.69, 9.17) is 0 Å². The average Bonchev–Trinajstić information content (AvgIpc) is 3.05. The van der Waals surface area contributed by atoms with Crippen LogP contribution in [0, 0.1) is 0 Å². The number of aromatic nitrogens is 4. The molecule has 4 nitrogen and oxygen atoms in total. The zero-order valence-corrected chi connectivity index (χ0v) is 26.4. The number of aryl methyl sites for hydroxylation is 8. The molecule has 0 atom stereocenters. The van der Waals surface area contributed by atoms with Gasteiger partial charge in [0.1, 0.15) is 0 Å². The van der Waals surface area contributed by atoms with Crippen LogP contribution in [0.5, 0.6) is 0 Å². The smallest absolute Gasteiger partial charge is 0.0432 e. The van der Waals surface area contributed by atoms with Crippen molar-refractivity contribution in [3.05, 3.63) is 118 Å². The van der Waals surface area contributed by atoms with E-state index >= 15 is 0 Å². The molecule has 0 radical (unpaired) electrons. The van der Waals surface area contributed by atoms with Crippen LogP contribution >= 0.6 is 0 Å². The lowest BCUT2D eigenvalue weighted by Gasteiger charge is -2.01. The first-order chi connectivity index (χ1) is 19.5. The Morgan fingerprint density at radius 1 is 0.375 bits per heavy atom. The highest BCUT2D eigenvalue weighted by atomic mass is 14.7. The zero-order valence-electron chi connectivity index (χ0n) is 26.4. The minimum atomic E-state index is 1.05. The van der Waals surface area contributed by atoms with Gasteiger partial charge in [0.15, 0.2) is 0 Å². The van der Waals surface area contributed by atoms with Crippen LogP contribution in [0.1, 0.15) is 100 Å². The Kier molecular flexibility index (Phi) is 18.5. The molecular weight excluding hydrogens is 488 g/mol. The largest absolute Gasteiger partial charge is 0.264 e. The molecule has 0 spiro atoms. The summed E-state index contributed by atoms with van der Waals surface area (Å²) in [6.07, 6.45) is 20.1. The fourth-order valence-corrected chi connectivity index (χ4v) is 4.46. The third kappa shape index (κ3) is 12.2. The van der Waals surface area contributed by atoms with E-state index in [0.717, 1.165) is 51.4 Å². The SMILES string of the molecule is CCc1cccnc1CC.CCc1cccnc1CC.CCc1ccncc1CC.CCc1ccncc1CC. The molecule has 0 aromatic carbocycles. The topological polar surface area (TPSA) is 51.6 Å². The van der Waals surface area contributed by atoms with Crippen LogP contribution < -0.4 is 0 Å². The van der Waals surface area contributed by atoms with Crippen LogP contribution in [0.15, 0.2) is 73.6 Å². The van der Waals surface area contributed by atoms with Gasteiger partial charge in [-0.05, 0) is 109 Å². The molecule has 4 heterocycles. The molecule has 0 bridgehead atoms. The quantitative estimate of drug-likeness (QED) is 0.224. The van der Waals surface area contributed by atoms with E-state index in [0.29, 0.717) is 0 Å². The van der Waals surface area contributed by atoms with Crippen molar-refractivity contribution in [2.24, 2.45) is 0 Å². The molecule has 40 heavy (non-hydrogen) atoms. The summed E-state index contributed by atoms with van der Waals surface area (Å²) in [6.45, 7) is 17.3. The molecule has 4 aromatic rings. The van der Waals surface area contributed by atoms with Gasteiger partial charge in [0.2, 0.25) is 0 Å². The van der Waals surface area contributed by atoms with Crippen LogP contribution in [0.25, 0.3) is 0 Å². The Bertz CT molecular complexity index is 921. The first-order valence-corrected chi connectivity index (χ1v) is 15.2. The van der Waals surface area contributed by atoms with Crippen LogP contribution in [-0.4, -0.2) is 19.9 Å². The first-order valence-electron chi connectivity index (χ1n) is 15.2. The number of hydrogen-bond donors (Lipinski definition) is 0. The number of pyridine rings is 4. The van der Waals surface area contributed by atoms with Crippen molar-refractivity contribution in [2.45, 2.75) is 107 Å². The molecule has 0 amide bonds. The number of nitrogens with zero attached hydrogens (tertiary/aromatic N) is 4. The molecule has 0 saturated heterocycles. The van der Waals surface area contributed by atoms with Crippen molar-refractivity contribution in [1.29, 1.82) is 0 Å². The third-order valence-corrected chi connectivity index (χ3v) is 6.93. The molecular formula is C36H52N4. The fourth-order valence-electron chi connectivity index (χ4n) is 4.46. The summed E-state index contributed by atoms with van der Waals surface area (Å²) in [6, 6.07) is 12.5. The second kappa shape index (κ2) is 21.4. The van der Waals surface area contributed by atoms with Gasteiger partial charge in [-0.25, -0.2) is 0 Å². The summed E-state index contributed by atoms with van der Waals surface area (Å²) < 4.78 is 0. The van der Waals surface area contributed by atoms with Crippen molar-refractivity contribution >= 4 is 0 Å². The highest BCUT2D eigenvalue weighted by molar-refractivity contribution is 5.23. The summed E-state index contributed by atoms with van der Waals surface area (Å²) >= 11 is 0. The fraction of sp³-hybridized carbons (Fsp3) is 0.444. The predicted octanol–water partition coefficient (Wildman–Crippen LogP) is 8.83. The van der Waals surface area contributed by atoms with Gasteiger partial charge >= 0.3 is 0 Å². The Morgan fingerprint density at radius 3 is 0.975 bits per heavy atom. The highest BCUT2D eigenvalue weighted by Gasteiger charge is 1.97. The first kappa shape index (κ1) is 34.6. The standard InChI is InChI=1S/4C9H13N/c2*1-3-8-5-6-10-7-9(8)4-2;2*1-3-8-6-5-7-10-9(8)4-2/h4*5-7H,3-4H2,1-2H3. The summed E-state index contributed by atoms with van der Waals surface area (Å²) in [7, 11) is 0.